The molecule has 2 saturated heterocycles. The van der Waals surface area contributed by atoms with Gasteiger partial charge in [-0.1, -0.05) is 6.07 Å². The quantitative estimate of drug-likeness (QED) is 0.613. The van der Waals surface area contributed by atoms with E-state index in [1.54, 1.807) is 4.90 Å². The van der Waals surface area contributed by atoms with E-state index in [0.29, 0.717) is 44.7 Å². The van der Waals surface area contributed by atoms with E-state index in [1.165, 1.54) is 0 Å². The first-order valence-electron chi connectivity index (χ1n) is 11.0. The molecule has 0 unspecified atom stereocenters. The zero-order chi connectivity index (χ0) is 22.3. The summed E-state index contributed by atoms with van der Waals surface area (Å²) in [4.78, 5) is 20.8. The third-order valence-corrected chi connectivity index (χ3v) is 5.66. The Morgan fingerprint density at radius 1 is 1.16 bits per heavy atom. The zero-order valence-electron chi connectivity index (χ0n) is 18.7. The Hall–Kier alpha value is -3.14. The van der Waals surface area contributed by atoms with Crippen molar-refractivity contribution in [3.63, 3.8) is 0 Å². The highest BCUT2D eigenvalue weighted by atomic mass is 16.6. The summed E-state index contributed by atoms with van der Waals surface area (Å²) in [5.41, 5.74) is 1.37. The Morgan fingerprint density at radius 3 is 2.75 bits per heavy atom. The van der Waals surface area contributed by atoms with Crippen molar-refractivity contribution in [1.29, 1.82) is 0 Å². The lowest BCUT2D eigenvalue weighted by atomic mass is 10.1. The number of rotatable bonds is 3. The molecular formula is C22H28N6O4. The van der Waals surface area contributed by atoms with E-state index in [9.17, 15) is 4.79 Å². The van der Waals surface area contributed by atoms with Crippen molar-refractivity contribution in [2.75, 3.05) is 44.3 Å². The molecule has 10 nitrogen and oxygen atoms in total. The molecule has 2 aliphatic heterocycles. The molecule has 1 aromatic carbocycles. The van der Waals surface area contributed by atoms with Crippen LogP contribution in [-0.2, 0) is 9.47 Å². The molecule has 0 aliphatic carbocycles. The number of carbonyl (C=O) groups is 1. The second-order valence-corrected chi connectivity index (χ2v) is 9.26. The average molecular weight is 441 g/mol. The summed E-state index contributed by atoms with van der Waals surface area (Å²) in [6, 6.07) is 6.29. The highest BCUT2D eigenvalue weighted by Crippen LogP contribution is 2.28. The van der Waals surface area contributed by atoms with E-state index in [4.69, 9.17) is 14.0 Å². The minimum Gasteiger partial charge on any atom is -0.444 e. The molecule has 0 saturated carbocycles. The maximum Gasteiger partial charge on any atom is 0.410 e. The highest BCUT2D eigenvalue weighted by molar-refractivity contribution is 5.83. The van der Waals surface area contributed by atoms with Gasteiger partial charge in [-0.3, -0.25) is 4.68 Å². The van der Waals surface area contributed by atoms with E-state index in [0.717, 1.165) is 29.4 Å². The van der Waals surface area contributed by atoms with Crippen LogP contribution in [0.1, 0.15) is 33.2 Å². The van der Waals surface area contributed by atoms with Crippen LogP contribution in [0, 0.1) is 0 Å². The topological polar surface area (TPSA) is 98.8 Å². The molecule has 0 N–H and O–H groups in total. The molecule has 32 heavy (non-hydrogen) atoms. The zero-order valence-corrected chi connectivity index (χ0v) is 18.7. The van der Waals surface area contributed by atoms with E-state index >= 15 is 0 Å². The third-order valence-electron chi connectivity index (χ3n) is 5.66. The lowest BCUT2D eigenvalue weighted by Crippen LogP contribution is -2.39. The maximum atomic E-state index is 12.4. The molecule has 0 radical (unpaired) electrons. The Kier molecular flexibility index (Phi) is 5.24. The summed E-state index contributed by atoms with van der Waals surface area (Å²) < 4.78 is 18.4. The number of benzene rings is 1. The minimum atomic E-state index is -0.506. The lowest BCUT2D eigenvalue weighted by Gasteiger charge is -2.26. The van der Waals surface area contributed by atoms with Crippen LogP contribution in [0.25, 0.3) is 22.4 Å². The number of nitrogens with zero attached hydrogens (tertiary/aromatic N) is 6. The minimum absolute atomic E-state index is 0.269. The van der Waals surface area contributed by atoms with Gasteiger partial charge in [-0.2, -0.15) is 10.1 Å². The monoisotopic (exact) mass is 440 g/mol. The van der Waals surface area contributed by atoms with Crippen LogP contribution >= 0.6 is 0 Å². The average Bonchev–Trinajstić information content (AvgIpc) is 3.26. The van der Waals surface area contributed by atoms with Crippen LogP contribution in [0.15, 0.2) is 28.9 Å². The molecule has 10 heteroatoms. The first kappa shape index (κ1) is 20.7. The van der Waals surface area contributed by atoms with Crippen molar-refractivity contribution in [2.24, 2.45) is 0 Å². The second kappa shape index (κ2) is 8.09. The Balaban J connectivity index is 1.30. The smallest absolute Gasteiger partial charge is 0.410 e. The Labute approximate surface area is 186 Å². The van der Waals surface area contributed by atoms with Gasteiger partial charge in [0.15, 0.2) is 0 Å². The molecule has 0 spiro atoms. The number of anilines is 1. The maximum absolute atomic E-state index is 12.4. The summed E-state index contributed by atoms with van der Waals surface area (Å²) >= 11 is 0. The summed E-state index contributed by atoms with van der Waals surface area (Å²) in [7, 11) is 0. The van der Waals surface area contributed by atoms with Crippen molar-refractivity contribution < 1.29 is 18.8 Å². The van der Waals surface area contributed by atoms with E-state index in [-0.39, 0.29) is 12.1 Å². The summed E-state index contributed by atoms with van der Waals surface area (Å²) in [6.45, 7) is 9.54. The van der Waals surface area contributed by atoms with Gasteiger partial charge in [0.25, 0.3) is 11.8 Å². The summed E-state index contributed by atoms with van der Waals surface area (Å²) in [5.74, 6) is 1.000. The van der Waals surface area contributed by atoms with Crippen LogP contribution < -0.4 is 4.90 Å². The first-order chi connectivity index (χ1) is 15.4. The van der Waals surface area contributed by atoms with Gasteiger partial charge in [-0.15, -0.1) is 0 Å². The van der Waals surface area contributed by atoms with Gasteiger partial charge in [0.05, 0.1) is 31.0 Å². The van der Waals surface area contributed by atoms with Crippen molar-refractivity contribution in [3.8, 4) is 11.5 Å². The molecule has 170 valence electrons. The van der Waals surface area contributed by atoms with Gasteiger partial charge in [-0.05, 0) is 44.5 Å². The number of aromatic nitrogens is 4. The molecule has 2 fully saturated rings. The predicted molar refractivity (Wildman–Crippen MR) is 118 cm³/mol. The number of hydrogen-bond donors (Lipinski definition) is 0. The molecule has 1 amide bonds. The molecule has 5 rings (SSSR count). The fraction of sp³-hybridized carbons (Fsp3) is 0.545. The standard InChI is InChI=1S/C22H28N6O4/c1-22(2,3)31-21(29)27-8-4-7-26(9-10-27)20-24-19(32-25-20)15-5-6-16-12-23-28(18(16)11-15)17-13-30-14-17/h5-6,11-12,17H,4,7-10,13-14H2,1-3H3. The van der Waals surface area contributed by atoms with E-state index < -0.39 is 5.60 Å². The van der Waals surface area contributed by atoms with Crippen LogP contribution in [0.3, 0.4) is 0 Å². The van der Waals surface area contributed by atoms with Crippen molar-refractivity contribution in [3.05, 3.63) is 24.4 Å². The van der Waals surface area contributed by atoms with Crippen LogP contribution in [0.5, 0.6) is 0 Å². The van der Waals surface area contributed by atoms with Gasteiger partial charge in [0.2, 0.25) is 0 Å². The molecule has 0 bridgehead atoms. The first-order valence-corrected chi connectivity index (χ1v) is 11.0. The molecular weight excluding hydrogens is 412 g/mol. The number of hydrogen-bond acceptors (Lipinski definition) is 8. The Morgan fingerprint density at radius 2 is 2.00 bits per heavy atom. The van der Waals surface area contributed by atoms with Gasteiger partial charge >= 0.3 is 6.09 Å². The summed E-state index contributed by atoms with van der Waals surface area (Å²) in [5, 5.41) is 9.77. The highest BCUT2D eigenvalue weighted by Gasteiger charge is 2.26. The van der Waals surface area contributed by atoms with Gasteiger partial charge < -0.3 is 23.8 Å². The van der Waals surface area contributed by atoms with Gasteiger partial charge in [0.1, 0.15) is 5.60 Å². The molecule has 4 heterocycles. The van der Waals surface area contributed by atoms with Gasteiger partial charge in [-0.25, -0.2) is 4.79 Å². The second-order valence-electron chi connectivity index (χ2n) is 9.26. The van der Waals surface area contributed by atoms with Crippen LogP contribution in [0.2, 0.25) is 0 Å². The van der Waals surface area contributed by atoms with Crippen molar-refractivity contribution in [1.82, 2.24) is 24.8 Å². The molecule has 2 aromatic heterocycles. The number of ether oxygens (including phenoxy) is 2. The molecule has 3 aromatic rings. The normalized spacial score (nSPS) is 18.0. The number of carbonyl (C=O) groups excluding carboxylic acids is 1. The largest absolute Gasteiger partial charge is 0.444 e. The fourth-order valence-corrected chi connectivity index (χ4v) is 3.91. The van der Waals surface area contributed by atoms with Crippen molar-refractivity contribution >= 4 is 22.9 Å². The lowest BCUT2D eigenvalue weighted by molar-refractivity contribution is -0.0266. The fourth-order valence-electron chi connectivity index (χ4n) is 3.91. The molecule has 0 atom stereocenters. The summed E-state index contributed by atoms with van der Waals surface area (Å²) in [6.07, 6.45) is 2.39. The van der Waals surface area contributed by atoms with Crippen molar-refractivity contribution in [2.45, 2.75) is 38.8 Å². The third kappa shape index (κ3) is 4.14. The van der Waals surface area contributed by atoms with Crippen LogP contribution in [0.4, 0.5) is 10.7 Å². The SMILES string of the molecule is CC(C)(C)OC(=O)N1CCCN(c2noc(-c3ccc4cnn(C5COC5)c4c3)n2)CC1. The number of amides is 1. The van der Waals surface area contributed by atoms with E-state index in [1.807, 2.05) is 54.7 Å². The van der Waals surface area contributed by atoms with Crippen LogP contribution in [-0.4, -0.2) is 75.9 Å². The van der Waals surface area contributed by atoms with E-state index in [2.05, 4.69) is 15.2 Å². The Bertz CT molecular complexity index is 1110. The molecule has 2 aliphatic rings. The number of fused-ring (bicyclic) bond motifs is 1. The predicted octanol–water partition coefficient (Wildman–Crippen LogP) is 3.10. The van der Waals surface area contributed by atoms with Gasteiger partial charge in [0, 0.05) is 37.1 Å².